The fraction of sp³-hybridized carbons (Fsp3) is 0.603. The third kappa shape index (κ3) is 13.3. The molecule has 7 heterocycles. The molecule has 8 fully saturated rings. The molecule has 19 heteroatoms. The van der Waals surface area contributed by atoms with Crippen LogP contribution >= 0.6 is 0 Å². The van der Waals surface area contributed by atoms with Gasteiger partial charge in [-0.05, 0) is 118 Å². The predicted molar refractivity (Wildman–Crippen MR) is 309 cm³/mol. The molecule has 2 unspecified atom stereocenters. The third-order valence-corrected chi connectivity index (χ3v) is 19.5. The number of ether oxygens (including phenoxy) is 2. The van der Waals surface area contributed by atoms with Gasteiger partial charge < -0.3 is 44.6 Å². The molecule has 8 aliphatic rings. The highest BCUT2D eigenvalue weighted by Gasteiger charge is 2.50. The Morgan fingerprint density at radius 1 is 0.744 bits per heavy atom. The van der Waals surface area contributed by atoms with Gasteiger partial charge in [0.1, 0.15) is 11.9 Å². The van der Waals surface area contributed by atoms with Gasteiger partial charge in [0.2, 0.25) is 17.7 Å². The van der Waals surface area contributed by atoms with Gasteiger partial charge in [0.15, 0.2) is 0 Å². The molecule has 4 aromatic rings. The average Bonchev–Trinajstić information content (AvgIpc) is 3.57. The first-order valence-electron chi connectivity index (χ1n) is 30.5. The zero-order valence-electron chi connectivity index (χ0n) is 47.9. The molecular formula is C63H83FN10O8. The Morgan fingerprint density at radius 2 is 1.48 bits per heavy atom. The number of H-pyrrole nitrogens is 1. The lowest BCUT2D eigenvalue weighted by molar-refractivity contribution is -0.224. The number of likely N-dealkylation sites (tertiary alicyclic amines) is 2. The van der Waals surface area contributed by atoms with Gasteiger partial charge >= 0.3 is 0 Å². The number of nitrogens with one attached hydrogen (secondary N) is 3. The Labute approximate surface area is 480 Å². The van der Waals surface area contributed by atoms with Gasteiger partial charge in [-0.2, -0.15) is 5.10 Å². The summed E-state index contributed by atoms with van der Waals surface area (Å²) in [6.07, 6.45) is 12.9. The van der Waals surface area contributed by atoms with E-state index in [0.717, 1.165) is 128 Å². The van der Waals surface area contributed by atoms with E-state index in [1.165, 1.54) is 6.07 Å². The van der Waals surface area contributed by atoms with Crippen molar-refractivity contribution < 1.29 is 37.8 Å². The number of hydrogen-bond acceptors (Lipinski definition) is 12. The number of piperidine rings is 2. The lowest BCUT2D eigenvalue weighted by atomic mass is 9.73. The van der Waals surface area contributed by atoms with E-state index in [1.807, 2.05) is 40.1 Å². The number of carbonyl (C=O) groups excluding carboxylic acids is 5. The van der Waals surface area contributed by atoms with Gasteiger partial charge in [-0.15, -0.1) is 0 Å². The quantitative estimate of drug-likeness (QED) is 0.126. The smallest absolute Gasteiger partial charge is 0.272 e. The van der Waals surface area contributed by atoms with Crippen molar-refractivity contribution in [2.75, 3.05) is 118 Å². The van der Waals surface area contributed by atoms with Gasteiger partial charge in [-0.3, -0.25) is 33.7 Å². The number of hydrogen-bond donors (Lipinski definition) is 3. The van der Waals surface area contributed by atoms with E-state index in [0.29, 0.717) is 105 Å². The number of halogens is 1. The molecule has 2 atom stereocenters. The van der Waals surface area contributed by atoms with Crippen LogP contribution < -0.4 is 16.2 Å². The fourth-order valence-electron chi connectivity index (χ4n) is 14.2. The van der Waals surface area contributed by atoms with Crippen molar-refractivity contribution in [1.82, 2.24) is 50.2 Å². The van der Waals surface area contributed by atoms with Gasteiger partial charge in [0.25, 0.3) is 17.4 Å². The van der Waals surface area contributed by atoms with Crippen molar-refractivity contribution in [1.29, 1.82) is 0 Å². The van der Waals surface area contributed by atoms with Crippen molar-refractivity contribution in [3.8, 4) is 0 Å². The minimum absolute atomic E-state index is 0.0250. The molecule has 2 bridgehead atoms. The molecule has 3 aromatic carbocycles. The van der Waals surface area contributed by atoms with Crippen LogP contribution in [0.4, 0.5) is 4.39 Å². The summed E-state index contributed by atoms with van der Waals surface area (Å²) >= 11 is 0. The number of rotatable bonds is 17. The Morgan fingerprint density at radius 3 is 2.21 bits per heavy atom. The number of methoxy groups -OCH3 is 1. The number of fused-ring (bicyclic) bond motifs is 4. The lowest BCUT2D eigenvalue weighted by Gasteiger charge is -2.52. The Balaban J connectivity index is 0.605. The van der Waals surface area contributed by atoms with Gasteiger partial charge in [0.05, 0.1) is 47.5 Å². The molecule has 6 aliphatic heterocycles. The number of amides is 5. The summed E-state index contributed by atoms with van der Waals surface area (Å²) in [6, 6.07) is 18.9. The van der Waals surface area contributed by atoms with Crippen LogP contribution in [0, 0.1) is 17.7 Å². The van der Waals surface area contributed by atoms with Crippen LogP contribution in [-0.2, 0) is 30.3 Å². The summed E-state index contributed by atoms with van der Waals surface area (Å²) in [7, 11) is 1.77. The van der Waals surface area contributed by atoms with Crippen molar-refractivity contribution >= 4 is 40.3 Å². The van der Waals surface area contributed by atoms with Crippen LogP contribution in [0.15, 0.2) is 71.5 Å². The summed E-state index contributed by atoms with van der Waals surface area (Å²) < 4.78 is 27.2. The van der Waals surface area contributed by atoms with Crippen LogP contribution in [0.1, 0.15) is 127 Å². The van der Waals surface area contributed by atoms with Gasteiger partial charge in [0, 0.05) is 122 Å². The molecule has 5 amide bonds. The molecule has 18 nitrogen and oxygen atoms in total. The normalized spacial score (nSPS) is 24.6. The van der Waals surface area contributed by atoms with Crippen LogP contribution in [0.5, 0.6) is 0 Å². The molecule has 82 heavy (non-hydrogen) atoms. The fourth-order valence-corrected chi connectivity index (χ4v) is 14.2. The Hall–Kier alpha value is -6.12. The van der Waals surface area contributed by atoms with E-state index in [-0.39, 0.29) is 64.3 Å². The molecule has 12 rings (SSSR count). The monoisotopic (exact) mass is 1130 g/mol. The summed E-state index contributed by atoms with van der Waals surface area (Å²) in [5.74, 6) is -0.432. The highest BCUT2D eigenvalue weighted by atomic mass is 19.1. The number of benzene rings is 3. The van der Waals surface area contributed by atoms with E-state index in [1.54, 1.807) is 41.2 Å². The average molecular weight is 1130 g/mol. The summed E-state index contributed by atoms with van der Waals surface area (Å²) in [5.41, 5.74) is 2.24. The minimum Gasteiger partial charge on any atom is -0.376 e. The van der Waals surface area contributed by atoms with Gasteiger partial charge in [-0.25, -0.2) is 9.49 Å². The van der Waals surface area contributed by atoms with Crippen LogP contribution in [-0.4, -0.2) is 205 Å². The van der Waals surface area contributed by atoms with Crippen LogP contribution in [0.2, 0.25) is 0 Å². The second-order valence-corrected chi connectivity index (χ2v) is 24.7. The van der Waals surface area contributed by atoms with Crippen molar-refractivity contribution in [3.63, 3.8) is 0 Å². The Bertz CT molecular complexity index is 2970. The number of aromatic nitrogens is 2. The van der Waals surface area contributed by atoms with E-state index >= 15 is 4.39 Å². The molecule has 2 aliphatic carbocycles. The zero-order chi connectivity index (χ0) is 56.8. The lowest BCUT2D eigenvalue weighted by Crippen LogP contribution is -2.59. The number of nitrogens with zero attached hydrogens (tertiary/aromatic N) is 7. The second kappa shape index (κ2) is 25.8. The Kier molecular flexibility index (Phi) is 18.1. The zero-order valence-corrected chi connectivity index (χ0v) is 47.9. The van der Waals surface area contributed by atoms with Crippen molar-refractivity contribution in [2.24, 2.45) is 11.8 Å². The standard InChI is InChI=1S/C63H83FN10O8/c1-81-63-22-20-62(21-23-63,82-43-63)42-65-38-55(75)74-24-8-13-49(40-74)47-11-7-12-48(37-47)58(77)66-57(46-9-3-2-4-10-46)61(80)72-25-18-44(19-26-72)39-69-27-29-70(30-28-69)41-56(76)71-31-33-73(34-32-71)60(79)52-35-45(16-17-53(52)64)36-54-50-14-5-6-15-51(50)59(78)68-67-54/h5-7,11-12,14-17,35,37,44,46,49,57,65H,2-4,8-10,13,18-34,36,38-43H2,1H3,(H,66,77)(H,68,78). The minimum atomic E-state index is -0.608. The molecule has 3 N–H and O–H groups in total. The summed E-state index contributed by atoms with van der Waals surface area (Å²) in [5, 5.41) is 14.7. The summed E-state index contributed by atoms with van der Waals surface area (Å²) in [6.45, 7) is 10.1. The van der Waals surface area contributed by atoms with E-state index < -0.39 is 17.8 Å². The van der Waals surface area contributed by atoms with Crippen molar-refractivity contribution in [2.45, 2.75) is 113 Å². The van der Waals surface area contributed by atoms with E-state index in [4.69, 9.17) is 9.47 Å². The molecule has 0 spiro atoms. The largest absolute Gasteiger partial charge is 0.376 e. The maximum absolute atomic E-state index is 15.2. The molecule has 1 aromatic heterocycles. The van der Waals surface area contributed by atoms with Crippen molar-refractivity contribution in [3.05, 3.63) is 111 Å². The first-order chi connectivity index (χ1) is 39.8. The number of carbonyl (C=O) groups is 5. The van der Waals surface area contributed by atoms with Crippen LogP contribution in [0.25, 0.3) is 10.8 Å². The van der Waals surface area contributed by atoms with E-state index in [9.17, 15) is 28.8 Å². The third-order valence-electron chi connectivity index (χ3n) is 19.5. The summed E-state index contributed by atoms with van der Waals surface area (Å²) in [4.78, 5) is 93.8. The molecular weight excluding hydrogens is 1040 g/mol. The topological polar surface area (TPSA) is 193 Å². The maximum Gasteiger partial charge on any atom is 0.272 e. The van der Waals surface area contributed by atoms with E-state index in [2.05, 4.69) is 36.7 Å². The second-order valence-electron chi connectivity index (χ2n) is 24.7. The molecule has 2 saturated carbocycles. The molecule has 440 valence electrons. The van der Waals surface area contributed by atoms with Crippen LogP contribution in [0.3, 0.4) is 0 Å². The highest BCUT2D eigenvalue weighted by Crippen LogP contribution is 2.45. The first-order valence-corrected chi connectivity index (χ1v) is 30.5. The molecule has 6 saturated heterocycles. The number of piperazine rings is 2. The maximum atomic E-state index is 15.2. The van der Waals surface area contributed by atoms with Gasteiger partial charge in [-0.1, -0.05) is 55.7 Å². The SMILES string of the molecule is COC12CCC(CNCC(=O)N3CCCC(c4cccc(C(=O)NC(C(=O)N5CCC(CN6CCN(CC(=O)N7CCN(C(=O)c8cc(Cc9n[nH]c(=O)c%10ccccc9%10)ccc8F)CC7)CC6)CC5)C5CCCCC5)c4)C3)(CC1)OC2. The predicted octanol–water partition coefficient (Wildman–Crippen LogP) is 5.20. The number of aromatic amines is 1. The first kappa shape index (κ1) is 57.7. The highest BCUT2D eigenvalue weighted by molar-refractivity contribution is 5.98. The molecule has 0 radical (unpaired) electrons.